The number of carbonyl (C=O) groups excluding carboxylic acids is 1. The maximum absolute atomic E-state index is 13.4. The van der Waals surface area contributed by atoms with E-state index in [0.29, 0.717) is 11.5 Å². The number of pyridine rings is 1. The summed E-state index contributed by atoms with van der Waals surface area (Å²) in [5.74, 6) is 2.62. The van der Waals surface area contributed by atoms with E-state index >= 15 is 0 Å². The van der Waals surface area contributed by atoms with Crippen molar-refractivity contribution in [3.05, 3.63) is 60.2 Å². The van der Waals surface area contributed by atoms with Crippen LogP contribution in [0.25, 0.3) is 16.9 Å². The molecule has 4 saturated carbocycles. The largest absolute Gasteiger partial charge is 0.345 e. The molecule has 2 heterocycles. The zero-order valence-corrected chi connectivity index (χ0v) is 16.3. The van der Waals surface area contributed by atoms with Gasteiger partial charge in [0.1, 0.15) is 11.6 Å². The number of rotatable bonds is 3. The van der Waals surface area contributed by atoms with Gasteiger partial charge in [0.25, 0.3) is 5.91 Å². The summed E-state index contributed by atoms with van der Waals surface area (Å²) in [5.41, 5.74) is 1.99. The quantitative estimate of drug-likeness (QED) is 0.697. The number of imidazole rings is 1. The van der Waals surface area contributed by atoms with Crippen LogP contribution in [-0.4, -0.2) is 20.8 Å². The van der Waals surface area contributed by atoms with Gasteiger partial charge in [-0.05, 0) is 92.7 Å². The Labute approximate surface area is 169 Å². The molecule has 0 unspecified atom stereocenters. The van der Waals surface area contributed by atoms with Crippen molar-refractivity contribution in [1.82, 2.24) is 14.7 Å². The second kappa shape index (κ2) is 6.15. The lowest BCUT2D eigenvalue weighted by molar-refractivity contribution is -0.0167. The Balaban J connectivity index is 1.37. The van der Waals surface area contributed by atoms with Crippen molar-refractivity contribution in [2.45, 2.75) is 44.1 Å². The van der Waals surface area contributed by atoms with Crippen molar-refractivity contribution in [3.8, 4) is 11.4 Å². The second-order valence-corrected chi connectivity index (χ2v) is 9.40. The average Bonchev–Trinajstić information content (AvgIpc) is 3.07. The molecule has 148 valence electrons. The topological polar surface area (TPSA) is 46.4 Å². The highest BCUT2D eigenvalue weighted by molar-refractivity contribution is 6.00. The number of aromatic nitrogens is 2. The van der Waals surface area contributed by atoms with E-state index in [1.54, 1.807) is 12.1 Å². The predicted octanol–water partition coefficient (Wildman–Crippen LogP) is 4.84. The molecule has 0 radical (unpaired) electrons. The number of nitrogens with one attached hydrogen (secondary N) is 1. The minimum atomic E-state index is -0.283. The first-order valence-corrected chi connectivity index (χ1v) is 10.6. The number of amides is 1. The molecule has 4 fully saturated rings. The van der Waals surface area contributed by atoms with Crippen LogP contribution < -0.4 is 5.32 Å². The van der Waals surface area contributed by atoms with Crippen LogP contribution in [0, 0.1) is 23.6 Å². The highest BCUT2D eigenvalue weighted by Gasteiger charge is 2.51. The van der Waals surface area contributed by atoms with Gasteiger partial charge in [-0.25, -0.2) is 9.37 Å². The van der Waals surface area contributed by atoms with Gasteiger partial charge < -0.3 is 5.32 Å². The van der Waals surface area contributed by atoms with Crippen LogP contribution in [0.15, 0.2) is 48.7 Å². The zero-order valence-electron chi connectivity index (χ0n) is 16.3. The number of nitrogens with zero attached hydrogens (tertiary/aromatic N) is 2. The Morgan fingerprint density at radius 3 is 2.31 bits per heavy atom. The molecule has 1 N–H and O–H groups in total. The second-order valence-electron chi connectivity index (χ2n) is 9.40. The molecule has 29 heavy (non-hydrogen) atoms. The molecule has 4 aliphatic rings. The third kappa shape index (κ3) is 2.78. The van der Waals surface area contributed by atoms with Crippen molar-refractivity contribution >= 4 is 11.4 Å². The molecule has 0 saturated heterocycles. The number of hydrogen-bond acceptors (Lipinski definition) is 2. The van der Waals surface area contributed by atoms with E-state index in [9.17, 15) is 9.18 Å². The minimum Gasteiger partial charge on any atom is -0.345 e. The standard InChI is InChI=1S/C24H24FN3O/c25-19-6-4-18(5-7-19)22-26-21(20-3-1-2-8-28(20)22)23(29)27-24-12-15-9-16(13-24)11-17(10-15)14-24/h1-8,15-17H,9-14H2,(H,27,29). The molecule has 4 nitrogen and oxygen atoms in total. The Morgan fingerprint density at radius 2 is 1.66 bits per heavy atom. The van der Waals surface area contributed by atoms with Gasteiger partial charge in [-0.3, -0.25) is 9.20 Å². The number of carbonyl (C=O) groups is 1. The van der Waals surface area contributed by atoms with Crippen LogP contribution in [0.4, 0.5) is 4.39 Å². The minimum absolute atomic E-state index is 0.0490. The molecular weight excluding hydrogens is 365 g/mol. The maximum atomic E-state index is 13.4. The van der Waals surface area contributed by atoms with E-state index in [-0.39, 0.29) is 17.3 Å². The fourth-order valence-corrected chi connectivity index (χ4v) is 6.57. The predicted molar refractivity (Wildman–Crippen MR) is 109 cm³/mol. The highest BCUT2D eigenvalue weighted by atomic mass is 19.1. The van der Waals surface area contributed by atoms with Gasteiger partial charge in [-0.2, -0.15) is 0 Å². The maximum Gasteiger partial charge on any atom is 0.272 e. The fourth-order valence-electron chi connectivity index (χ4n) is 6.57. The lowest BCUT2D eigenvalue weighted by atomic mass is 9.53. The summed E-state index contributed by atoms with van der Waals surface area (Å²) >= 11 is 0. The van der Waals surface area contributed by atoms with Crippen molar-refractivity contribution in [3.63, 3.8) is 0 Å². The molecule has 0 atom stereocenters. The smallest absolute Gasteiger partial charge is 0.272 e. The first-order chi connectivity index (χ1) is 14.1. The molecule has 1 amide bonds. The number of benzene rings is 1. The van der Waals surface area contributed by atoms with E-state index in [1.807, 2.05) is 28.8 Å². The Bertz CT molecular complexity index is 1070. The van der Waals surface area contributed by atoms with Crippen molar-refractivity contribution in [2.75, 3.05) is 0 Å². The third-order valence-electron chi connectivity index (χ3n) is 7.28. The molecular formula is C24H24FN3O. The third-order valence-corrected chi connectivity index (χ3v) is 7.28. The summed E-state index contributed by atoms with van der Waals surface area (Å²) in [6, 6.07) is 12.0. The van der Waals surface area contributed by atoms with Crippen LogP contribution >= 0.6 is 0 Å². The molecule has 1 aromatic carbocycles. The first-order valence-electron chi connectivity index (χ1n) is 10.6. The molecule has 4 aliphatic carbocycles. The van der Waals surface area contributed by atoms with Gasteiger partial charge in [0.15, 0.2) is 5.69 Å². The van der Waals surface area contributed by atoms with E-state index in [2.05, 4.69) is 5.32 Å². The normalized spacial score (nSPS) is 30.0. The summed E-state index contributed by atoms with van der Waals surface area (Å²) < 4.78 is 15.3. The van der Waals surface area contributed by atoms with Gasteiger partial charge in [0.2, 0.25) is 0 Å². The summed E-state index contributed by atoms with van der Waals surface area (Å²) in [4.78, 5) is 18.1. The Kier molecular flexibility index (Phi) is 3.65. The van der Waals surface area contributed by atoms with Crippen molar-refractivity contribution in [2.24, 2.45) is 17.8 Å². The van der Waals surface area contributed by atoms with Crippen LogP contribution in [0.3, 0.4) is 0 Å². The average molecular weight is 389 g/mol. The van der Waals surface area contributed by atoms with E-state index < -0.39 is 0 Å². The summed E-state index contributed by atoms with van der Waals surface area (Å²) in [6.45, 7) is 0. The Morgan fingerprint density at radius 1 is 1.00 bits per heavy atom. The molecule has 0 aliphatic heterocycles. The van der Waals surface area contributed by atoms with Crippen LogP contribution in [0.5, 0.6) is 0 Å². The lowest BCUT2D eigenvalue weighted by Gasteiger charge is -2.56. The lowest BCUT2D eigenvalue weighted by Crippen LogP contribution is -2.59. The number of halogens is 1. The van der Waals surface area contributed by atoms with Crippen LogP contribution in [-0.2, 0) is 0 Å². The van der Waals surface area contributed by atoms with Gasteiger partial charge in [-0.15, -0.1) is 0 Å². The zero-order chi connectivity index (χ0) is 19.6. The van der Waals surface area contributed by atoms with Gasteiger partial charge >= 0.3 is 0 Å². The molecule has 3 aromatic rings. The monoisotopic (exact) mass is 389 g/mol. The van der Waals surface area contributed by atoms with E-state index in [1.165, 1.54) is 31.4 Å². The summed E-state index contributed by atoms with van der Waals surface area (Å²) in [6.07, 6.45) is 9.28. The van der Waals surface area contributed by atoms with Crippen molar-refractivity contribution in [1.29, 1.82) is 0 Å². The number of hydrogen-bond donors (Lipinski definition) is 1. The molecule has 7 rings (SSSR count). The van der Waals surface area contributed by atoms with E-state index in [4.69, 9.17) is 4.98 Å². The first kappa shape index (κ1) is 17.2. The SMILES string of the molecule is O=C(NC12CC3CC(CC(C3)C1)C2)c1nc(-c2ccc(F)cc2)n2ccccc12. The fraction of sp³-hybridized carbons (Fsp3) is 0.417. The number of fused-ring (bicyclic) bond motifs is 1. The summed E-state index contributed by atoms with van der Waals surface area (Å²) in [5, 5.41) is 3.43. The van der Waals surface area contributed by atoms with Crippen LogP contribution in [0.2, 0.25) is 0 Å². The van der Waals surface area contributed by atoms with Crippen molar-refractivity contribution < 1.29 is 9.18 Å². The van der Waals surface area contributed by atoms with Crippen LogP contribution in [0.1, 0.15) is 49.0 Å². The van der Waals surface area contributed by atoms with Gasteiger partial charge in [-0.1, -0.05) is 6.07 Å². The highest BCUT2D eigenvalue weighted by Crippen LogP contribution is 2.55. The Hall–Kier alpha value is -2.69. The molecule has 2 aromatic heterocycles. The summed E-state index contributed by atoms with van der Waals surface area (Å²) in [7, 11) is 0. The molecule has 5 heteroatoms. The van der Waals surface area contributed by atoms with Gasteiger partial charge in [0, 0.05) is 17.3 Å². The molecule has 4 bridgehead atoms. The van der Waals surface area contributed by atoms with Gasteiger partial charge in [0.05, 0.1) is 5.52 Å². The molecule has 0 spiro atoms. The van der Waals surface area contributed by atoms with E-state index in [0.717, 1.165) is 48.1 Å².